The number of rotatable bonds is 3. The zero-order chi connectivity index (χ0) is 24.5. The lowest BCUT2D eigenvalue weighted by molar-refractivity contribution is 0.498. The van der Waals surface area contributed by atoms with Gasteiger partial charge in [-0.1, -0.05) is 71.0 Å². The smallest absolute Gasteiger partial charge is 0.152 e. The monoisotopic (exact) mass is 477 g/mol. The molecule has 3 aromatic heterocycles. The molecule has 0 bridgehead atoms. The summed E-state index contributed by atoms with van der Waals surface area (Å²) in [6.07, 6.45) is 2.92. The molecule has 2 nitrogen and oxygen atoms in total. The summed E-state index contributed by atoms with van der Waals surface area (Å²) >= 11 is 1.82. The first-order valence-corrected chi connectivity index (χ1v) is 13.3. The van der Waals surface area contributed by atoms with Crippen LogP contribution in [0.15, 0.2) is 65.2 Å². The molecule has 0 atom stereocenters. The molecule has 3 aromatic carbocycles. The van der Waals surface area contributed by atoms with Gasteiger partial charge < -0.3 is 4.42 Å². The summed E-state index contributed by atoms with van der Waals surface area (Å²) in [6.45, 7) is 13.6. The van der Waals surface area contributed by atoms with Crippen LogP contribution in [0.4, 0.5) is 0 Å². The summed E-state index contributed by atoms with van der Waals surface area (Å²) in [5, 5.41) is 6.27. The Labute approximate surface area is 210 Å². The van der Waals surface area contributed by atoms with Crippen LogP contribution in [-0.2, 0) is 11.8 Å². The maximum absolute atomic E-state index is 6.51. The van der Waals surface area contributed by atoms with E-state index in [0.29, 0.717) is 5.92 Å². The number of thiophene rings is 1. The highest BCUT2D eigenvalue weighted by atomic mass is 32.1. The van der Waals surface area contributed by atoms with Gasteiger partial charge in [-0.05, 0) is 58.4 Å². The van der Waals surface area contributed by atoms with Crippen molar-refractivity contribution in [3.8, 4) is 11.3 Å². The molecule has 0 aliphatic carbocycles. The molecule has 35 heavy (non-hydrogen) atoms. The van der Waals surface area contributed by atoms with Gasteiger partial charge in [0.2, 0.25) is 0 Å². The predicted octanol–water partition coefficient (Wildman–Crippen LogP) is 9.82. The molecule has 176 valence electrons. The summed E-state index contributed by atoms with van der Waals surface area (Å²) in [5.41, 5.74) is 5.91. The fourth-order valence-corrected chi connectivity index (χ4v) is 6.54. The molecule has 0 aliphatic heterocycles. The van der Waals surface area contributed by atoms with Crippen LogP contribution < -0.4 is 0 Å². The summed E-state index contributed by atoms with van der Waals surface area (Å²) in [5.74, 6) is 1.68. The largest absolute Gasteiger partial charge is 0.459 e. The van der Waals surface area contributed by atoms with Crippen molar-refractivity contribution in [2.75, 3.05) is 0 Å². The van der Waals surface area contributed by atoms with Gasteiger partial charge in [-0.3, -0.25) is 4.98 Å². The molecule has 0 saturated carbocycles. The van der Waals surface area contributed by atoms with Crippen LogP contribution in [0.5, 0.6) is 0 Å². The number of nitrogens with zero attached hydrogens (tertiary/aromatic N) is 1. The van der Waals surface area contributed by atoms with Crippen molar-refractivity contribution in [2.24, 2.45) is 5.92 Å². The van der Waals surface area contributed by atoms with E-state index in [9.17, 15) is 0 Å². The molecule has 6 aromatic rings. The molecule has 0 radical (unpaired) electrons. The van der Waals surface area contributed by atoms with E-state index in [1.807, 2.05) is 17.5 Å². The van der Waals surface area contributed by atoms with Crippen LogP contribution in [0, 0.1) is 12.8 Å². The minimum absolute atomic E-state index is 0.0326. The van der Waals surface area contributed by atoms with Crippen LogP contribution in [0.2, 0.25) is 0 Å². The Morgan fingerprint density at radius 3 is 2.49 bits per heavy atom. The number of benzene rings is 3. The maximum Gasteiger partial charge on any atom is 0.152 e. The second-order valence-corrected chi connectivity index (χ2v) is 12.2. The molecule has 3 heterocycles. The first-order chi connectivity index (χ1) is 16.7. The first kappa shape index (κ1) is 22.3. The standard InChI is InChI=1S/C32H31NOS/c1-18(2)15-26-19(3)22-11-12-24-28-27(35-31(24)30(22)34-26)13-14-33-29(28)21-16-20-9-7-8-10-23(20)25(17-21)32(4,5)6/h7-14,16-18H,15H2,1-6H3. The number of hydrogen-bond donors (Lipinski definition) is 0. The van der Waals surface area contributed by atoms with Gasteiger partial charge in [0.25, 0.3) is 0 Å². The molecule has 3 heteroatoms. The Kier molecular flexibility index (Phi) is 5.05. The average molecular weight is 478 g/mol. The van der Waals surface area contributed by atoms with Crippen LogP contribution in [0.3, 0.4) is 0 Å². The molecular formula is C32H31NOS. The Morgan fingerprint density at radius 2 is 1.71 bits per heavy atom. The lowest BCUT2D eigenvalue weighted by atomic mass is 9.82. The second kappa shape index (κ2) is 7.93. The van der Waals surface area contributed by atoms with Crippen molar-refractivity contribution in [1.82, 2.24) is 4.98 Å². The van der Waals surface area contributed by atoms with Gasteiger partial charge in [0.15, 0.2) is 5.58 Å². The Morgan fingerprint density at radius 1 is 0.943 bits per heavy atom. The normalized spacial score (nSPS) is 12.7. The van der Waals surface area contributed by atoms with Gasteiger partial charge in [0, 0.05) is 39.0 Å². The van der Waals surface area contributed by atoms with Crippen LogP contribution >= 0.6 is 11.3 Å². The van der Waals surface area contributed by atoms with E-state index in [1.165, 1.54) is 53.0 Å². The predicted molar refractivity (Wildman–Crippen MR) is 152 cm³/mol. The third-order valence-electron chi connectivity index (χ3n) is 7.09. The van der Waals surface area contributed by atoms with Crippen molar-refractivity contribution in [3.05, 3.63) is 77.7 Å². The van der Waals surface area contributed by atoms with Crippen molar-refractivity contribution in [2.45, 2.75) is 53.4 Å². The summed E-state index contributed by atoms with van der Waals surface area (Å²) < 4.78 is 8.99. The molecule has 0 saturated heterocycles. The molecule has 0 amide bonds. The first-order valence-electron chi connectivity index (χ1n) is 12.5. The van der Waals surface area contributed by atoms with Gasteiger partial charge in [-0.15, -0.1) is 11.3 Å². The molecule has 0 N–H and O–H groups in total. The highest BCUT2D eigenvalue weighted by molar-refractivity contribution is 7.26. The third kappa shape index (κ3) is 3.56. The SMILES string of the molecule is Cc1c(CC(C)C)oc2c1ccc1c2sc2ccnc(-c3cc(C(C)(C)C)c4ccccc4c3)c21. The lowest BCUT2D eigenvalue weighted by Gasteiger charge is -2.23. The van der Waals surface area contributed by atoms with E-state index >= 15 is 0 Å². The molecule has 0 fully saturated rings. The van der Waals surface area contributed by atoms with E-state index < -0.39 is 0 Å². The molecule has 0 aliphatic rings. The highest BCUT2D eigenvalue weighted by Crippen LogP contribution is 2.45. The van der Waals surface area contributed by atoms with Crippen LogP contribution in [0.1, 0.15) is 51.5 Å². The van der Waals surface area contributed by atoms with E-state index in [2.05, 4.69) is 96.1 Å². The highest BCUT2D eigenvalue weighted by Gasteiger charge is 2.22. The molecular weight excluding hydrogens is 446 g/mol. The number of hydrogen-bond acceptors (Lipinski definition) is 3. The molecule has 0 spiro atoms. The Bertz CT molecular complexity index is 1740. The minimum atomic E-state index is 0.0326. The number of fused-ring (bicyclic) bond motifs is 6. The third-order valence-corrected chi connectivity index (χ3v) is 8.26. The van der Waals surface area contributed by atoms with Crippen molar-refractivity contribution < 1.29 is 4.42 Å². The number of aryl methyl sites for hydroxylation is 1. The van der Waals surface area contributed by atoms with Gasteiger partial charge in [0.1, 0.15) is 5.76 Å². The Balaban J connectivity index is 1.66. The van der Waals surface area contributed by atoms with Crippen LogP contribution in [-0.4, -0.2) is 4.98 Å². The zero-order valence-electron chi connectivity index (χ0n) is 21.3. The van der Waals surface area contributed by atoms with Crippen molar-refractivity contribution in [1.29, 1.82) is 0 Å². The van der Waals surface area contributed by atoms with Crippen LogP contribution in [0.25, 0.3) is 53.2 Å². The average Bonchev–Trinajstić information content (AvgIpc) is 3.35. The topological polar surface area (TPSA) is 26.0 Å². The quantitative estimate of drug-likeness (QED) is 0.253. The van der Waals surface area contributed by atoms with E-state index in [4.69, 9.17) is 9.40 Å². The Hall–Kier alpha value is -3.17. The lowest BCUT2D eigenvalue weighted by Crippen LogP contribution is -2.12. The van der Waals surface area contributed by atoms with Gasteiger partial charge >= 0.3 is 0 Å². The van der Waals surface area contributed by atoms with E-state index in [0.717, 1.165) is 23.5 Å². The fraction of sp³-hybridized carbons (Fsp3) is 0.281. The number of aromatic nitrogens is 1. The zero-order valence-corrected chi connectivity index (χ0v) is 22.1. The van der Waals surface area contributed by atoms with E-state index in [-0.39, 0.29) is 5.41 Å². The summed E-state index contributed by atoms with van der Waals surface area (Å²) in [7, 11) is 0. The van der Waals surface area contributed by atoms with Gasteiger partial charge in [-0.25, -0.2) is 0 Å². The van der Waals surface area contributed by atoms with Gasteiger partial charge in [0.05, 0.1) is 10.4 Å². The number of pyridine rings is 1. The fourth-order valence-electron chi connectivity index (χ4n) is 5.36. The second-order valence-electron chi connectivity index (χ2n) is 11.2. The summed E-state index contributed by atoms with van der Waals surface area (Å²) in [6, 6.07) is 20.0. The molecule has 0 unspecified atom stereocenters. The number of furan rings is 1. The van der Waals surface area contributed by atoms with E-state index in [1.54, 1.807) is 0 Å². The van der Waals surface area contributed by atoms with Crippen molar-refractivity contribution >= 4 is 53.3 Å². The summed E-state index contributed by atoms with van der Waals surface area (Å²) in [4.78, 5) is 4.95. The molecule has 6 rings (SSSR count). The minimum Gasteiger partial charge on any atom is -0.459 e. The maximum atomic E-state index is 6.51. The van der Waals surface area contributed by atoms with Gasteiger partial charge in [-0.2, -0.15) is 0 Å². The van der Waals surface area contributed by atoms with Crippen molar-refractivity contribution in [3.63, 3.8) is 0 Å².